The summed E-state index contributed by atoms with van der Waals surface area (Å²) in [6.07, 6.45) is 4.18. The number of aliphatic hydroxyl groups excluding tert-OH is 1. The topological polar surface area (TPSA) is 431 Å². The van der Waals surface area contributed by atoms with Crippen molar-refractivity contribution in [1.29, 1.82) is 0 Å². The highest BCUT2D eigenvalue weighted by Crippen LogP contribution is 2.23. The van der Waals surface area contributed by atoms with Gasteiger partial charge in [0.2, 0.25) is 53.2 Å². The molecule has 1 aliphatic heterocycles. The standard InChI is InChI=1S/C50H73N11O15/c1-26(2)41(60-42(67)27(3)52)49(74)61-23-7-9-38(61)48(73)58-36(24-29-10-12-30(13-11-29)31-14-16-32(63)17-15-31)46(71)54-28(4)43(68)55-34(18-20-39(53)64)45(70)56-33(8-5-6-22-51)44(69)59-37(25-62)47(72)57-35(50(75)76)19-21-40(65)66/h10-16,26-28,33-38,41,62H,5-9,17-25,51-52H2,1-4H3,(H2,53,64)(H,54,71)(H,55,68)(H,56,70)(H,57,72)(H,58,73)(H,59,69)(H,60,67)(H,65,66)(H,75,76)/t27-,28-,33-,34-,35-,36-,37-,38-,41-/m0/s1. The number of carboxylic acids is 2. The summed E-state index contributed by atoms with van der Waals surface area (Å²) in [4.78, 5) is 157. The molecule has 418 valence electrons. The molecule has 1 fully saturated rings. The molecule has 9 amide bonds. The van der Waals surface area contributed by atoms with Crippen molar-refractivity contribution in [2.75, 3.05) is 19.7 Å². The predicted molar refractivity (Wildman–Crippen MR) is 272 cm³/mol. The van der Waals surface area contributed by atoms with Crippen LogP contribution in [0.4, 0.5) is 0 Å². The number of nitrogens with two attached hydrogens (primary N) is 3. The number of nitrogens with one attached hydrogen (secondary N) is 7. The number of aliphatic carboxylic acids is 2. The van der Waals surface area contributed by atoms with E-state index in [-0.39, 0.29) is 56.9 Å². The summed E-state index contributed by atoms with van der Waals surface area (Å²) in [6.45, 7) is 5.51. The van der Waals surface area contributed by atoms with Crippen LogP contribution in [0.1, 0.15) is 103 Å². The third kappa shape index (κ3) is 19.9. The average molecular weight is 1070 g/mol. The maximum Gasteiger partial charge on any atom is 0.326 e. The van der Waals surface area contributed by atoms with Gasteiger partial charge in [-0.2, -0.15) is 0 Å². The van der Waals surface area contributed by atoms with Gasteiger partial charge >= 0.3 is 11.9 Å². The minimum absolute atomic E-state index is 0.0512. The number of primary amides is 1. The van der Waals surface area contributed by atoms with Crippen LogP contribution < -0.4 is 54.4 Å². The highest BCUT2D eigenvalue weighted by atomic mass is 16.4. The fraction of sp³-hybridized carbons (Fsp3) is 0.560. The van der Waals surface area contributed by atoms with Gasteiger partial charge in [-0.05, 0) is 94.0 Å². The number of rotatable bonds is 31. The lowest BCUT2D eigenvalue weighted by atomic mass is 9.96. The number of hydrogen-bond donors (Lipinski definition) is 13. The van der Waals surface area contributed by atoms with Crippen LogP contribution in [0, 0.1) is 5.92 Å². The Hall–Kier alpha value is -7.58. The van der Waals surface area contributed by atoms with Gasteiger partial charge in [-0.1, -0.05) is 50.3 Å². The number of ketones is 1. The molecule has 1 aromatic rings. The van der Waals surface area contributed by atoms with Crippen molar-refractivity contribution in [3.63, 3.8) is 0 Å². The highest BCUT2D eigenvalue weighted by Gasteiger charge is 2.40. The summed E-state index contributed by atoms with van der Waals surface area (Å²) in [5.41, 5.74) is 18.9. The minimum Gasteiger partial charge on any atom is -0.481 e. The number of allylic oxidation sites excluding steroid dienone is 4. The zero-order valence-corrected chi connectivity index (χ0v) is 43.1. The smallest absolute Gasteiger partial charge is 0.326 e. The van der Waals surface area contributed by atoms with Gasteiger partial charge in [0.15, 0.2) is 5.78 Å². The lowest BCUT2D eigenvalue weighted by molar-refractivity contribution is -0.144. The van der Waals surface area contributed by atoms with Crippen molar-refractivity contribution in [3.8, 4) is 0 Å². The molecule has 3 rings (SSSR count). The Kier molecular flexibility index (Phi) is 25.3. The van der Waals surface area contributed by atoms with E-state index in [1.807, 2.05) is 0 Å². The quantitative estimate of drug-likeness (QED) is 0.0327. The van der Waals surface area contributed by atoms with E-state index in [9.17, 15) is 67.7 Å². The third-order valence-electron chi connectivity index (χ3n) is 12.5. The van der Waals surface area contributed by atoms with Gasteiger partial charge in [0, 0.05) is 32.2 Å². The van der Waals surface area contributed by atoms with Crippen LogP contribution in [0.2, 0.25) is 0 Å². The predicted octanol–water partition coefficient (Wildman–Crippen LogP) is -3.11. The Morgan fingerprint density at radius 1 is 0.684 bits per heavy atom. The van der Waals surface area contributed by atoms with Gasteiger partial charge in [-0.25, -0.2) is 4.79 Å². The number of carboxylic acid groups (broad SMARTS) is 2. The number of unbranched alkanes of at least 4 members (excludes halogenated alkanes) is 1. The Labute approximate surface area is 439 Å². The second-order valence-electron chi connectivity index (χ2n) is 19.1. The first-order chi connectivity index (χ1) is 35.9. The molecule has 1 saturated heterocycles. The lowest BCUT2D eigenvalue weighted by Crippen LogP contribution is -2.60. The highest BCUT2D eigenvalue weighted by molar-refractivity contribution is 5.99. The molecule has 0 radical (unpaired) electrons. The van der Waals surface area contributed by atoms with E-state index in [1.165, 1.54) is 24.8 Å². The van der Waals surface area contributed by atoms with E-state index in [0.29, 0.717) is 18.4 Å². The summed E-state index contributed by atoms with van der Waals surface area (Å²) >= 11 is 0. The molecule has 1 aromatic carbocycles. The van der Waals surface area contributed by atoms with Crippen LogP contribution >= 0.6 is 0 Å². The number of carbonyl (C=O) groups is 12. The first kappa shape index (κ1) is 62.7. The van der Waals surface area contributed by atoms with E-state index < -0.39 is 152 Å². The molecule has 0 bridgehead atoms. The summed E-state index contributed by atoms with van der Waals surface area (Å²) in [5, 5.41) is 45.6. The van der Waals surface area contributed by atoms with Gasteiger partial charge in [-0.3, -0.25) is 52.7 Å². The molecule has 16 N–H and O–H groups in total. The molecule has 0 spiro atoms. The summed E-state index contributed by atoms with van der Waals surface area (Å²) in [6, 6.07) is -5.33. The van der Waals surface area contributed by atoms with E-state index in [4.69, 9.17) is 22.3 Å². The summed E-state index contributed by atoms with van der Waals surface area (Å²) in [7, 11) is 0. The molecule has 0 aromatic heterocycles. The van der Waals surface area contributed by atoms with Crippen molar-refractivity contribution in [2.45, 2.75) is 153 Å². The van der Waals surface area contributed by atoms with Gasteiger partial charge in [0.05, 0.1) is 12.6 Å². The molecular formula is C50H73N11O15. The number of aliphatic hydroxyl groups is 1. The zero-order valence-electron chi connectivity index (χ0n) is 43.1. The van der Waals surface area contributed by atoms with E-state index in [2.05, 4.69) is 37.2 Å². The van der Waals surface area contributed by atoms with Crippen LogP contribution in [0.3, 0.4) is 0 Å². The maximum absolute atomic E-state index is 14.3. The first-order valence-corrected chi connectivity index (χ1v) is 25.1. The molecule has 1 heterocycles. The van der Waals surface area contributed by atoms with Gasteiger partial charge < -0.3 is 74.6 Å². The second-order valence-corrected chi connectivity index (χ2v) is 19.1. The Bertz CT molecular complexity index is 2360. The van der Waals surface area contributed by atoms with Crippen LogP contribution in [0.15, 0.2) is 42.5 Å². The second kappa shape index (κ2) is 30.7. The molecule has 26 nitrogen and oxygen atoms in total. The fourth-order valence-corrected chi connectivity index (χ4v) is 8.10. The van der Waals surface area contributed by atoms with Crippen molar-refractivity contribution < 1.29 is 72.9 Å². The maximum atomic E-state index is 14.3. The summed E-state index contributed by atoms with van der Waals surface area (Å²) in [5.74, 6) is -11.0. The number of likely N-dealkylation sites (tertiary alicyclic amines) is 1. The number of benzene rings is 1. The molecule has 0 unspecified atom stereocenters. The molecule has 1 aliphatic carbocycles. The normalized spacial score (nSPS) is 17.3. The van der Waals surface area contributed by atoms with Crippen LogP contribution in [0.5, 0.6) is 0 Å². The number of amides is 9. The minimum atomic E-state index is -1.77. The van der Waals surface area contributed by atoms with Crippen LogP contribution in [-0.2, 0) is 64.0 Å². The van der Waals surface area contributed by atoms with Gasteiger partial charge in [0.1, 0.15) is 48.3 Å². The molecule has 76 heavy (non-hydrogen) atoms. The Morgan fingerprint density at radius 3 is 1.82 bits per heavy atom. The van der Waals surface area contributed by atoms with E-state index >= 15 is 0 Å². The molecule has 26 heteroatoms. The van der Waals surface area contributed by atoms with Crippen molar-refractivity contribution in [1.82, 2.24) is 42.1 Å². The lowest BCUT2D eigenvalue weighted by Gasteiger charge is -2.31. The molecular weight excluding hydrogens is 995 g/mol. The largest absolute Gasteiger partial charge is 0.481 e. The van der Waals surface area contributed by atoms with Crippen molar-refractivity contribution >= 4 is 76.5 Å². The Balaban J connectivity index is 1.87. The van der Waals surface area contributed by atoms with Crippen LogP contribution in [-0.4, -0.2) is 165 Å². The molecule has 9 atom stereocenters. The number of carbonyl (C=O) groups excluding carboxylic acids is 10. The van der Waals surface area contributed by atoms with E-state index in [1.54, 1.807) is 50.3 Å². The van der Waals surface area contributed by atoms with E-state index in [0.717, 1.165) is 11.1 Å². The molecule has 0 saturated carbocycles. The molecule has 2 aliphatic rings. The van der Waals surface area contributed by atoms with Gasteiger partial charge in [0.25, 0.3) is 0 Å². The number of hydrogen-bond acceptors (Lipinski definition) is 15. The SMILES string of the molecule is CC(C)[C@H](NC(=O)[C@H](C)N)C(=O)N1CCC[C@H]1C(=O)N[C@@H](Cc1ccc(C2=CCC(=O)C=C2)cc1)C(=O)N[C@@H](C)C(=O)N[C@@H](CCC(N)=O)C(=O)N[C@@H](CCCCN)C(=O)N[C@@H](CO)C(=O)N[C@@H](CCC(=O)O)C(=O)O. The first-order valence-electron chi connectivity index (χ1n) is 25.1. The van der Waals surface area contributed by atoms with Gasteiger partial charge in [-0.15, -0.1) is 0 Å². The monoisotopic (exact) mass is 1070 g/mol. The number of nitrogens with zero attached hydrogens (tertiary/aromatic N) is 1. The summed E-state index contributed by atoms with van der Waals surface area (Å²) < 4.78 is 0. The Morgan fingerprint density at radius 2 is 1.26 bits per heavy atom. The van der Waals surface area contributed by atoms with Crippen molar-refractivity contribution in [2.24, 2.45) is 23.1 Å². The van der Waals surface area contributed by atoms with Crippen molar-refractivity contribution in [3.05, 3.63) is 53.6 Å². The van der Waals surface area contributed by atoms with Crippen LogP contribution in [0.25, 0.3) is 5.57 Å². The fourth-order valence-electron chi connectivity index (χ4n) is 8.10. The average Bonchev–Trinajstić information content (AvgIpc) is 3.87. The zero-order chi connectivity index (χ0) is 56.8. The third-order valence-corrected chi connectivity index (χ3v) is 12.5.